The van der Waals surface area contributed by atoms with Gasteiger partial charge >= 0.3 is 5.69 Å². The van der Waals surface area contributed by atoms with E-state index in [0.717, 1.165) is 19.9 Å². The number of nitrogens with zero attached hydrogens (tertiary/aromatic N) is 3. The maximum Gasteiger partial charge on any atom is 0.332 e. The zero-order chi connectivity index (χ0) is 19.7. The highest BCUT2D eigenvalue weighted by molar-refractivity contribution is 7.15. The summed E-state index contributed by atoms with van der Waals surface area (Å²) >= 11 is 1.51. The van der Waals surface area contributed by atoms with Crippen molar-refractivity contribution in [2.24, 2.45) is 14.1 Å². The van der Waals surface area contributed by atoms with Gasteiger partial charge in [-0.1, -0.05) is 24.3 Å². The maximum atomic E-state index is 13.3. The molecule has 0 saturated carbocycles. The van der Waals surface area contributed by atoms with Crippen LogP contribution in [0.25, 0.3) is 32.7 Å². The summed E-state index contributed by atoms with van der Waals surface area (Å²) in [5.41, 5.74) is 2.22. The molecule has 0 fully saturated rings. The van der Waals surface area contributed by atoms with E-state index in [9.17, 15) is 14.4 Å². The third-order valence-corrected chi connectivity index (χ3v) is 6.25. The van der Waals surface area contributed by atoms with Crippen LogP contribution in [0.4, 0.5) is 0 Å². The molecule has 3 aromatic heterocycles. The van der Waals surface area contributed by atoms with Gasteiger partial charge in [0.05, 0.1) is 16.6 Å². The van der Waals surface area contributed by atoms with Crippen molar-refractivity contribution in [3.05, 3.63) is 73.2 Å². The number of aromatic nitrogens is 3. The molecule has 5 rings (SSSR count). The van der Waals surface area contributed by atoms with Crippen molar-refractivity contribution in [2.75, 3.05) is 0 Å². The molecule has 0 unspecified atom stereocenters. The first kappa shape index (κ1) is 16.8. The van der Waals surface area contributed by atoms with Gasteiger partial charge in [-0.3, -0.25) is 18.7 Å². The van der Waals surface area contributed by atoms with Crippen LogP contribution in [0, 0.1) is 6.92 Å². The minimum atomic E-state index is -0.448. The fourth-order valence-corrected chi connectivity index (χ4v) is 4.77. The van der Waals surface area contributed by atoms with Crippen molar-refractivity contribution < 1.29 is 4.79 Å². The average Bonchev–Trinajstić information content (AvgIpc) is 3.25. The minimum Gasteiger partial charge on any atom is -0.288 e. The predicted molar refractivity (Wildman–Crippen MR) is 109 cm³/mol. The maximum absolute atomic E-state index is 13.3. The van der Waals surface area contributed by atoms with Crippen molar-refractivity contribution in [2.45, 2.75) is 6.92 Å². The molecule has 6 nitrogen and oxygen atoms in total. The van der Waals surface area contributed by atoms with E-state index in [1.807, 2.05) is 37.3 Å². The molecule has 1 aliphatic rings. The SMILES string of the molecule is Cc1ccc(-c2c3c(nc4c2c(=O)n(C)c(=O)n4C)-c2ccccc2C3=O)s1. The number of pyridine rings is 1. The molecule has 1 aliphatic carbocycles. The molecule has 0 amide bonds. The van der Waals surface area contributed by atoms with Gasteiger partial charge in [-0.2, -0.15) is 0 Å². The smallest absolute Gasteiger partial charge is 0.288 e. The zero-order valence-corrected chi connectivity index (χ0v) is 16.3. The normalized spacial score (nSPS) is 12.5. The summed E-state index contributed by atoms with van der Waals surface area (Å²) in [4.78, 5) is 45.4. The fraction of sp³-hybridized carbons (Fsp3) is 0.143. The molecule has 28 heavy (non-hydrogen) atoms. The minimum absolute atomic E-state index is 0.142. The van der Waals surface area contributed by atoms with E-state index in [-0.39, 0.29) is 11.4 Å². The lowest BCUT2D eigenvalue weighted by molar-refractivity contribution is 0.104. The van der Waals surface area contributed by atoms with Crippen molar-refractivity contribution in [1.82, 2.24) is 14.1 Å². The lowest BCUT2D eigenvalue weighted by Gasteiger charge is -2.13. The molecule has 1 aromatic carbocycles. The summed E-state index contributed by atoms with van der Waals surface area (Å²) in [5.74, 6) is -0.142. The predicted octanol–water partition coefficient (Wildman–Crippen LogP) is 2.88. The quantitative estimate of drug-likeness (QED) is 0.442. The Morgan fingerprint density at radius 3 is 2.29 bits per heavy atom. The Morgan fingerprint density at radius 2 is 1.61 bits per heavy atom. The Morgan fingerprint density at radius 1 is 0.893 bits per heavy atom. The number of carbonyl (C=O) groups excluding carboxylic acids is 1. The number of aryl methyl sites for hydroxylation is 2. The number of benzene rings is 1. The van der Waals surface area contributed by atoms with E-state index in [2.05, 4.69) is 4.98 Å². The van der Waals surface area contributed by atoms with E-state index < -0.39 is 11.2 Å². The first-order valence-electron chi connectivity index (χ1n) is 8.74. The summed E-state index contributed by atoms with van der Waals surface area (Å²) in [7, 11) is 3.03. The van der Waals surface area contributed by atoms with Gasteiger partial charge in [-0.05, 0) is 19.1 Å². The van der Waals surface area contributed by atoms with Crippen molar-refractivity contribution in [3.63, 3.8) is 0 Å². The Hall–Kier alpha value is -3.32. The van der Waals surface area contributed by atoms with Crippen LogP contribution in [-0.2, 0) is 14.1 Å². The molecule has 7 heteroatoms. The molecule has 0 radical (unpaired) electrons. The first-order valence-corrected chi connectivity index (χ1v) is 9.56. The Balaban J connectivity index is 2.09. The van der Waals surface area contributed by atoms with Crippen LogP contribution in [0.15, 0.2) is 46.0 Å². The summed E-state index contributed by atoms with van der Waals surface area (Å²) in [6.07, 6.45) is 0. The first-order chi connectivity index (χ1) is 13.4. The topological polar surface area (TPSA) is 74.0 Å². The van der Waals surface area contributed by atoms with Crippen LogP contribution in [0.1, 0.15) is 20.8 Å². The molecule has 4 aromatic rings. The molecule has 0 N–H and O–H groups in total. The second kappa shape index (κ2) is 5.59. The summed E-state index contributed by atoms with van der Waals surface area (Å²) in [6, 6.07) is 11.1. The number of thiophene rings is 1. The Labute approximate surface area is 163 Å². The second-order valence-corrected chi connectivity index (χ2v) is 8.19. The molecule has 3 heterocycles. The van der Waals surface area contributed by atoms with Crippen LogP contribution in [0.2, 0.25) is 0 Å². The molecule has 0 atom stereocenters. The molecular weight excluding hydrogens is 374 g/mol. The van der Waals surface area contributed by atoms with E-state index in [1.54, 1.807) is 13.1 Å². The van der Waals surface area contributed by atoms with E-state index >= 15 is 0 Å². The molecule has 0 saturated heterocycles. The summed E-state index contributed by atoms with van der Waals surface area (Å²) in [6.45, 7) is 1.97. The monoisotopic (exact) mass is 389 g/mol. The van der Waals surface area contributed by atoms with Crippen molar-refractivity contribution in [1.29, 1.82) is 0 Å². The summed E-state index contributed by atoms with van der Waals surface area (Å²) < 4.78 is 2.43. The number of fused-ring (bicyclic) bond motifs is 4. The van der Waals surface area contributed by atoms with Gasteiger partial charge in [-0.15, -0.1) is 11.3 Å². The van der Waals surface area contributed by atoms with Crippen molar-refractivity contribution in [3.8, 4) is 21.7 Å². The highest BCUT2D eigenvalue weighted by Crippen LogP contribution is 2.44. The molecule has 0 spiro atoms. The molecule has 0 aliphatic heterocycles. The third kappa shape index (κ3) is 2.02. The van der Waals surface area contributed by atoms with Crippen LogP contribution < -0.4 is 11.2 Å². The van der Waals surface area contributed by atoms with Crippen LogP contribution in [-0.4, -0.2) is 19.9 Å². The Bertz CT molecular complexity index is 1460. The molecular formula is C21H15N3O3S. The number of ketones is 1. The van der Waals surface area contributed by atoms with Crippen molar-refractivity contribution >= 4 is 28.2 Å². The van der Waals surface area contributed by atoms with Crippen LogP contribution in [0.5, 0.6) is 0 Å². The van der Waals surface area contributed by atoms with Gasteiger partial charge in [0, 0.05) is 40.5 Å². The van der Waals surface area contributed by atoms with Gasteiger partial charge in [-0.25, -0.2) is 9.78 Å². The number of carbonyl (C=O) groups is 1. The van der Waals surface area contributed by atoms with Crippen LogP contribution in [0.3, 0.4) is 0 Å². The Kier molecular flexibility index (Phi) is 3.36. The fourth-order valence-electron chi connectivity index (χ4n) is 3.84. The average molecular weight is 389 g/mol. The highest BCUT2D eigenvalue weighted by atomic mass is 32.1. The third-order valence-electron chi connectivity index (χ3n) is 5.23. The summed E-state index contributed by atoms with van der Waals surface area (Å²) in [5, 5.41) is 0.298. The molecule has 0 bridgehead atoms. The van der Waals surface area contributed by atoms with E-state index in [0.29, 0.717) is 27.8 Å². The highest BCUT2D eigenvalue weighted by Gasteiger charge is 2.34. The van der Waals surface area contributed by atoms with E-state index in [1.165, 1.54) is 23.0 Å². The van der Waals surface area contributed by atoms with Gasteiger partial charge < -0.3 is 0 Å². The number of hydrogen-bond donors (Lipinski definition) is 0. The van der Waals surface area contributed by atoms with Gasteiger partial charge in [0.15, 0.2) is 11.4 Å². The number of rotatable bonds is 1. The number of hydrogen-bond acceptors (Lipinski definition) is 5. The largest absolute Gasteiger partial charge is 0.332 e. The standard InChI is InChI=1S/C21H15N3O3S/c1-10-8-9-13(28-10)14-15-17(11-6-4-5-7-12(11)18(15)25)22-19-16(14)20(26)24(3)21(27)23(19)2/h4-9H,1-3H3. The van der Waals surface area contributed by atoms with Gasteiger partial charge in [0.25, 0.3) is 5.56 Å². The van der Waals surface area contributed by atoms with Gasteiger partial charge in [0.1, 0.15) is 0 Å². The van der Waals surface area contributed by atoms with Crippen LogP contribution >= 0.6 is 11.3 Å². The zero-order valence-electron chi connectivity index (χ0n) is 15.4. The van der Waals surface area contributed by atoms with Gasteiger partial charge in [0.2, 0.25) is 0 Å². The second-order valence-electron chi connectivity index (χ2n) is 6.90. The molecule has 138 valence electrons. The lowest BCUT2D eigenvalue weighted by atomic mass is 10.0. The van der Waals surface area contributed by atoms with E-state index in [4.69, 9.17) is 0 Å². The lowest BCUT2D eigenvalue weighted by Crippen LogP contribution is -2.37.